The van der Waals surface area contributed by atoms with E-state index in [-0.39, 0.29) is 5.91 Å². The number of benzene rings is 1. The Bertz CT molecular complexity index is 1000. The van der Waals surface area contributed by atoms with Crippen molar-refractivity contribution in [1.29, 1.82) is 0 Å². The van der Waals surface area contributed by atoms with Gasteiger partial charge in [0.15, 0.2) is 0 Å². The lowest BCUT2D eigenvalue weighted by Gasteiger charge is -2.19. The first-order valence-corrected chi connectivity index (χ1v) is 10.3. The first-order chi connectivity index (χ1) is 14.1. The van der Waals surface area contributed by atoms with Gasteiger partial charge in [-0.05, 0) is 72.6 Å². The van der Waals surface area contributed by atoms with Crippen LogP contribution in [0.15, 0.2) is 61.0 Å². The van der Waals surface area contributed by atoms with Gasteiger partial charge in [-0.1, -0.05) is 36.9 Å². The molecule has 0 fully saturated rings. The molecule has 0 spiro atoms. The number of pyridine rings is 1. The highest BCUT2D eigenvalue weighted by Crippen LogP contribution is 2.26. The summed E-state index contributed by atoms with van der Waals surface area (Å²) in [7, 11) is 0. The number of aromatic nitrogens is 1. The van der Waals surface area contributed by atoms with E-state index in [9.17, 15) is 4.79 Å². The highest BCUT2D eigenvalue weighted by atomic mass is 16.2. The van der Waals surface area contributed by atoms with Gasteiger partial charge in [-0.2, -0.15) is 0 Å². The van der Waals surface area contributed by atoms with Gasteiger partial charge in [0.2, 0.25) is 5.91 Å². The van der Waals surface area contributed by atoms with Gasteiger partial charge in [0, 0.05) is 31.1 Å². The molecule has 0 aliphatic carbocycles. The molecule has 4 heteroatoms. The topological polar surface area (TPSA) is 45.2 Å². The number of hydrogen-bond donors (Lipinski definition) is 1. The van der Waals surface area contributed by atoms with Crippen LogP contribution < -0.4 is 5.32 Å². The molecule has 0 radical (unpaired) electrons. The van der Waals surface area contributed by atoms with Crippen LogP contribution in [0.4, 0.5) is 5.82 Å². The van der Waals surface area contributed by atoms with Crippen LogP contribution in [-0.4, -0.2) is 28.9 Å². The summed E-state index contributed by atoms with van der Waals surface area (Å²) in [5.41, 5.74) is 7.07. The summed E-state index contributed by atoms with van der Waals surface area (Å²) in [6.07, 6.45) is 11.3. The van der Waals surface area contributed by atoms with Gasteiger partial charge >= 0.3 is 0 Å². The average molecular weight is 386 g/mol. The van der Waals surface area contributed by atoms with Gasteiger partial charge in [0.25, 0.3) is 0 Å². The summed E-state index contributed by atoms with van der Waals surface area (Å²) in [6, 6.07) is 10.6. The molecule has 4 rings (SSSR count). The third-order valence-corrected chi connectivity index (χ3v) is 5.64. The first-order valence-electron chi connectivity index (χ1n) is 10.3. The van der Waals surface area contributed by atoms with E-state index in [2.05, 4.69) is 60.2 Å². The third-order valence-electron chi connectivity index (χ3n) is 5.64. The highest BCUT2D eigenvalue weighted by molar-refractivity contribution is 5.92. The van der Waals surface area contributed by atoms with E-state index < -0.39 is 0 Å². The molecule has 1 aromatic heterocycles. The summed E-state index contributed by atoms with van der Waals surface area (Å²) < 4.78 is 0. The fourth-order valence-corrected chi connectivity index (χ4v) is 3.97. The van der Waals surface area contributed by atoms with E-state index in [4.69, 9.17) is 0 Å². The Morgan fingerprint density at radius 2 is 2.07 bits per heavy atom. The Hall–Kier alpha value is -3.14. The number of carbonyl (C=O) groups excluding carboxylic acids is 1. The monoisotopic (exact) mass is 385 g/mol. The highest BCUT2D eigenvalue weighted by Gasteiger charge is 2.16. The van der Waals surface area contributed by atoms with Crippen molar-refractivity contribution in [2.45, 2.75) is 32.6 Å². The molecule has 1 N–H and O–H groups in total. The lowest BCUT2D eigenvalue weighted by atomic mass is 9.98. The van der Waals surface area contributed by atoms with Crippen LogP contribution >= 0.6 is 0 Å². The van der Waals surface area contributed by atoms with E-state index >= 15 is 0 Å². The predicted octanol–water partition coefficient (Wildman–Crippen LogP) is 4.98. The average Bonchev–Trinajstić information content (AvgIpc) is 2.98. The maximum Gasteiger partial charge on any atom is 0.246 e. The van der Waals surface area contributed by atoms with Gasteiger partial charge in [-0.15, -0.1) is 0 Å². The maximum absolute atomic E-state index is 12.7. The molecule has 0 saturated carbocycles. The standard InChI is InChI=1S/C25H27N3O/c1-18-6-3-4-8-23(18)21-7-5-14-28(15-13-21)24(29)12-10-20-16-22-11-9-19(2)27-25(22)26-17-20/h3-4,6-8,10,12,16-17H,2,5,9,11,13-15H2,1H3,(H,26,27)/b12-10+. The molecule has 2 aliphatic rings. The van der Waals surface area contributed by atoms with Crippen LogP contribution in [-0.2, 0) is 11.2 Å². The van der Waals surface area contributed by atoms with Crippen LogP contribution in [0.3, 0.4) is 0 Å². The van der Waals surface area contributed by atoms with Crippen LogP contribution in [0.1, 0.15) is 41.5 Å². The number of nitrogens with zero attached hydrogens (tertiary/aromatic N) is 2. The number of aryl methyl sites for hydroxylation is 2. The number of hydrogen-bond acceptors (Lipinski definition) is 3. The summed E-state index contributed by atoms with van der Waals surface area (Å²) in [5.74, 6) is 0.945. The van der Waals surface area contributed by atoms with Crippen molar-refractivity contribution in [3.8, 4) is 0 Å². The molecule has 148 valence electrons. The molecule has 0 bridgehead atoms. The van der Waals surface area contributed by atoms with Crippen LogP contribution in [0.5, 0.6) is 0 Å². The number of nitrogens with one attached hydrogen (secondary N) is 1. The van der Waals surface area contributed by atoms with Gasteiger partial charge < -0.3 is 10.2 Å². The number of rotatable bonds is 3. The fraction of sp³-hybridized carbons (Fsp3) is 0.280. The second-order valence-corrected chi connectivity index (χ2v) is 7.75. The number of carbonyl (C=O) groups is 1. The Morgan fingerprint density at radius 3 is 2.93 bits per heavy atom. The Morgan fingerprint density at radius 1 is 1.21 bits per heavy atom. The van der Waals surface area contributed by atoms with Crippen molar-refractivity contribution in [3.63, 3.8) is 0 Å². The van der Waals surface area contributed by atoms with Gasteiger partial charge in [-0.25, -0.2) is 4.98 Å². The van der Waals surface area contributed by atoms with Crippen molar-refractivity contribution < 1.29 is 4.79 Å². The third kappa shape index (κ3) is 4.48. The minimum atomic E-state index is 0.0636. The zero-order chi connectivity index (χ0) is 20.2. The van der Waals surface area contributed by atoms with Crippen molar-refractivity contribution in [2.24, 2.45) is 0 Å². The molecular formula is C25H27N3O. The molecule has 3 heterocycles. The van der Waals surface area contributed by atoms with Gasteiger partial charge in [0.05, 0.1) is 0 Å². The molecular weight excluding hydrogens is 358 g/mol. The molecule has 1 amide bonds. The molecule has 2 aromatic rings. The molecule has 4 nitrogen and oxygen atoms in total. The Labute approximate surface area is 172 Å². The summed E-state index contributed by atoms with van der Waals surface area (Å²) in [5, 5.41) is 3.22. The number of anilines is 1. The number of allylic oxidation sites excluding steroid dienone is 1. The second-order valence-electron chi connectivity index (χ2n) is 7.75. The molecule has 0 saturated heterocycles. The normalized spacial score (nSPS) is 16.8. The molecule has 2 aliphatic heterocycles. The van der Waals surface area contributed by atoms with Crippen LogP contribution in [0, 0.1) is 6.92 Å². The van der Waals surface area contributed by atoms with Crippen molar-refractivity contribution >= 4 is 23.4 Å². The van der Waals surface area contributed by atoms with Crippen LogP contribution in [0.2, 0.25) is 0 Å². The maximum atomic E-state index is 12.7. The summed E-state index contributed by atoms with van der Waals surface area (Å²) >= 11 is 0. The van der Waals surface area contributed by atoms with E-state index in [1.54, 1.807) is 12.3 Å². The molecule has 29 heavy (non-hydrogen) atoms. The molecule has 0 unspecified atom stereocenters. The lowest BCUT2D eigenvalue weighted by molar-refractivity contribution is -0.125. The van der Waals surface area contributed by atoms with Crippen molar-refractivity contribution in [1.82, 2.24) is 9.88 Å². The Balaban J connectivity index is 1.39. The number of fused-ring (bicyclic) bond motifs is 1. The molecule has 1 aromatic carbocycles. The lowest BCUT2D eigenvalue weighted by Crippen LogP contribution is -2.30. The van der Waals surface area contributed by atoms with E-state index in [0.29, 0.717) is 0 Å². The summed E-state index contributed by atoms with van der Waals surface area (Å²) in [6.45, 7) is 7.61. The Kier molecular flexibility index (Phi) is 5.61. The molecule has 0 atom stereocenters. The minimum Gasteiger partial charge on any atom is -0.344 e. The van der Waals surface area contributed by atoms with Gasteiger partial charge in [-0.3, -0.25) is 4.79 Å². The van der Waals surface area contributed by atoms with Crippen molar-refractivity contribution in [2.75, 3.05) is 18.4 Å². The van der Waals surface area contributed by atoms with E-state index in [1.165, 1.54) is 22.3 Å². The van der Waals surface area contributed by atoms with Gasteiger partial charge in [0.1, 0.15) is 5.82 Å². The first kappa shape index (κ1) is 19.2. The number of amides is 1. The second kappa shape index (κ2) is 8.48. The van der Waals surface area contributed by atoms with Crippen molar-refractivity contribution in [3.05, 3.63) is 83.2 Å². The quantitative estimate of drug-likeness (QED) is 0.758. The van der Waals surface area contributed by atoms with E-state index in [1.807, 2.05) is 11.0 Å². The SMILES string of the molecule is C=C1CCc2cc(/C=C/C(=O)N3CCC=C(c4ccccc4C)CC3)cnc2N1. The largest absolute Gasteiger partial charge is 0.344 e. The smallest absolute Gasteiger partial charge is 0.246 e. The predicted molar refractivity (Wildman–Crippen MR) is 119 cm³/mol. The van der Waals surface area contributed by atoms with Crippen LogP contribution in [0.25, 0.3) is 11.6 Å². The zero-order valence-electron chi connectivity index (χ0n) is 16.9. The summed E-state index contributed by atoms with van der Waals surface area (Å²) in [4.78, 5) is 19.1. The fourth-order valence-electron chi connectivity index (χ4n) is 3.97. The minimum absolute atomic E-state index is 0.0636. The zero-order valence-corrected chi connectivity index (χ0v) is 16.9. The van der Waals surface area contributed by atoms with E-state index in [0.717, 1.165) is 55.9 Å².